The lowest BCUT2D eigenvalue weighted by atomic mass is 10.0. The molecule has 2 atom stereocenters. The molecule has 56 heavy (non-hydrogen) atoms. The van der Waals surface area contributed by atoms with E-state index in [0.717, 1.165) is 32.4 Å². The number of amides is 3. The van der Waals surface area contributed by atoms with Gasteiger partial charge in [0.15, 0.2) is 0 Å². The maximum atomic E-state index is 14.9. The fourth-order valence-electron chi connectivity index (χ4n) is 6.44. The molecular formula is C44H40N3O7PS. The molecule has 0 radical (unpaired) electrons. The van der Waals surface area contributed by atoms with Crippen molar-refractivity contribution in [2.45, 2.75) is 29.4 Å². The zero-order chi connectivity index (χ0) is 38.9. The molecule has 0 saturated heterocycles. The molecule has 10 nitrogen and oxygen atoms in total. The number of para-hydroxylation sites is 1. The highest BCUT2D eigenvalue weighted by Crippen LogP contribution is 2.50. The molecule has 1 aliphatic rings. The SMILES string of the molecule is COc1ccc(C2Sc3ccccc3N(CC(=O)Nc3cccc4ccccc34)C(=O)C2NC(=O)CP(=O)(OCc2ccccc2)OCc2ccccc2)cc1. The quantitative estimate of drug-likeness (QED) is 0.105. The van der Waals surface area contributed by atoms with Crippen molar-refractivity contribution in [3.8, 4) is 5.75 Å². The third-order valence-corrected chi connectivity index (χ3v) is 12.4. The Bertz CT molecular complexity index is 2310. The van der Waals surface area contributed by atoms with E-state index in [1.165, 1.54) is 16.7 Å². The maximum absolute atomic E-state index is 14.9. The van der Waals surface area contributed by atoms with Crippen LogP contribution in [0.4, 0.5) is 11.4 Å². The summed E-state index contributed by atoms with van der Waals surface area (Å²) in [7, 11) is -2.52. The van der Waals surface area contributed by atoms with E-state index in [2.05, 4.69) is 10.6 Å². The number of carbonyl (C=O) groups excluding carboxylic acids is 3. The summed E-state index contributed by atoms with van der Waals surface area (Å²) in [5.41, 5.74) is 3.37. The number of ether oxygens (including phenoxy) is 1. The van der Waals surface area contributed by atoms with Crippen molar-refractivity contribution < 1.29 is 32.7 Å². The minimum Gasteiger partial charge on any atom is -0.497 e. The summed E-state index contributed by atoms with van der Waals surface area (Å²) in [6, 6.07) is 45.1. The van der Waals surface area contributed by atoms with Gasteiger partial charge in [-0.1, -0.05) is 121 Å². The normalized spacial score (nSPS) is 15.4. The predicted molar refractivity (Wildman–Crippen MR) is 220 cm³/mol. The molecule has 6 aromatic rings. The number of anilines is 2. The molecule has 1 aliphatic heterocycles. The predicted octanol–water partition coefficient (Wildman–Crippen LogP) is 8.78. The minimum absolute atomic E-state index is 0.0538. The van der Waals surface area contributed by atoms with Gasteiger partial charge in [0, 0.05) is 16.0 Å². The molecule has 0 fully saturated rings. The Morgan fingerprint density at radius 3 is 2.00 bits per heavy atom. The molecule has 0 saturated carbocycles. The first kappa shape index (κ1) is 38.6. The van der Waals surface area contributed by atoms with Crippen LogP contribution in [0.15, 0.2) is 157 Å². The Hall–Kier alpha value is -5.71. The maximum Gasteiger partial charge on any atom is 0.340 e. The molecule has 1 heterocycles. The lowest BCUT2D eigenvalue weighted by Crippen LogP contribution is -2.52. The van der Waals surface area contributed by atoms with Crippen molar-refractivity contribution in [1.82, 2.24) is 5.32 Å². The first-order valence-corrected chi connectivity index (χ1v) is 20.6. The van der Waals surface area contributed by atoms with Gasteiger partial charge in [-0.25, -0.2) is 0 Å². The first-order chi connectivity index (χ1) is 27.3. The van der Waals surface area contributed by atoms with Crippen LogP contribution in [0.25, 0.3) is 10.8 Å². The van der Waals surface area contributed by atoms with Crippen LogP contribution in [-0.2, 0) is 41.2 Å². The summed E-state index contributed by atoms with van der Waals surface area (Å²) in [5.74, 6) is -1.03. The van der Waals surface area contributed by atoms with E-state index in [0.29, 0.717) is 17.1 Å². The van der Waals surface area contributed by atoms with Crippen LogP contribution in [0.5, 0.6) is 5.75 Å². The average molecular weight is 786 g/mol. The first-order valence-electron chi connectivity index (χ1n) is 18.0. The van der Waals surface area contributed by atoms with E-state index in [-0.39, 0.29) is 19.8 Å². The molecule has 2 unspecified atom stereocenters. The van der Waals surface area contributed by atoms with Crippen molar-refractivity contribution in [3.05, 3.63) is 168 Å². The van der Waals surface area contributed by atoms with Gasteiger partial charge in [0.2, 0.25) is 11.8 Å². The number of nitrogens with one attached hydrogen (secondary N) is 2. The van der Waals surface area contributed by atoms with Crippen molar-refractivity contribution in [2.24, 2.45) is 0 Å². The molecule has 284 valence electrons. The number of thioether (sulfide) groups is 1. The molecule has 12 heteroatoms. The number of hydrogen-bond donors (Lipinski definition) is 2. The van der Waals surface area contributed by atoms with Crippen LogP contribution in [0, 0.1) is 0 Å². The molecule has 0 aromatic heterocycles. The lowest BCUT2D eigenvalue weighted by Gasteiger charge is -2.29. The van der Waals surface area contributed by atoms with Gasteiger partial charge in [0.1, 0.15) is 24.5 Å². The number of methoxy groups -OCH3 is 1. The summed E-state index contributed by atoms with van der Waals surface area (Å²) in [5, 5.41) is 7.06. The Morgan fingerprint density at radius 1 is 0.714 bits per heavy atom. The second kappa shape index (κ2) is 17.8. The fourth-order valence-corrected chi connectivity index (χ4v) is 9.18. The van der Waals surface area contributed by atoms with Gasteiger partial charge in [0.05, 0.1) is 31.3 Å². The van der Waals surface area contributed by atoms with Crippen molar-refractivity contribution in [3.63, 3.8) is 0 Å². The van der Waals surface area contributed by atoms with Gasteiger partial charge in [-0.3, -0.25) is 18.9 Å². The molecule has 3 amide bonds. The van der Waals surface area contributed by atoms with Gasteiger partial charge in [-0.05, 0) is 52.4 Å². The number of nitrogens with zero attached hydrogens (tertiary/aromatic N) is 1. The van der Waals surface area contributed by atoms with Gasteiger partial charge >= 0.3 is 7.60 Å². The highest BCUT2D eigenvalue weighted by atomic mass is 32.2. The largest absolute Gasteiger partial charge is 0.497 e. The van der Waals surface area contributed by atoms with E-state index in [4.69, 9.17) is 13.8 Å². The smallest absolute Gasteiger partial charge is 0.340 e. The van der Waals surface area contributed by atoms with E-state index in [1.54, 1.807) is 31.4 Å². The van der Waals surface area contributed by atoms with E-state index < -0.39 is 42.8 Å². The number of benzene rings is 6. The van der Waals surface area contributed by atoms with Gasteiger partial charge in [0.25, 0.3) is 5.91 Å². The van der Waals surface area contributed by atoms with Gasteiger partial charge in [-0.15, -0.1) is 11.8 Å². The van der Waals surface area contributed by atoms with Crippen LogP contribution in [0.3, 0.4) is 0 Å². The van der Waals surface area contributed by atoms with Gasteiger partial charge in [-0.2, -0.15) is 0 Å². The van der Waals surface area contributed by atoms with Crippen LogP contribution in [0.2, 0.25) is 0 Å². The van der Waals surface area contributed by atoms with Gasteiger partial charge < -0.3 is 29.3 Å². The Morgan fingerprint density at radius 2 is 1.32 bits per heavy atom. The van der Waals surface area contributed by atoms with Crippen LogP contribution >= 0.6 is 19.4 Å². The van der Waals surface area contributed by atoms with Crippen molar-refractivity contribution in [1.29, 1.82) is 0 Å². The van der Waals surface area contributed by atoms with Crippen LogP contribution in [0.1, 0.15) is 21.9 Å². The number of hydrogen-bond acceptors (Lipinski definition) is 8. The molecule has 6 aromatic carbocycles. The molecule has 0 bridgehead atoms. The molecule has 7 rings (SSSR count). The number of rotatable bonds is 14. The molecular weight excluding hydrogens is 746 g/mol. The lowest BCUT2D eigenvalue weighted by molar-refractivity contribution is -0.127. The third-order valence-electron chi connectivity index (χ3n) is 9.25. The molecule has 2 N–H and O–H groups in total. The van der Waals surface area contributed by atoms with E-state index >= 15 is 0 Å². The highest BCUT2D eigenvalue weighted by molar-refractivity contribution is 7.99. The Kier molecular flexibility index (Phi) is 12.3. The van der Waals surface area contributed by atoms with Crippen molar-refractivity contribution >= 4 is 59.2 Å². The van der Waals surface area contributed by atoms with E-state index in [1.807, 2.05) is 127 Å². The summed E-state index contributed by atoms with van der Waals surface area (Å²) in [6.07, 6.45) is -0.648. The van der Waals surface area contributed by atoms with E-state index in [9.17, 15) is 18.9 Å². The van der Waals surface area contributed by atoms with Crippen LogP contribution in [-0.4, -0.2) is 43.6 Å². The second-order valence-corrected chi connectivity index (χ2v) is 16.3. The zero-order valence-corrected chi connectivity index (χ0v) is 32.3. The van der Waals surface area contributed by atoms with Crippen LogP contribution < -0.4 is 20.3 Å². The Labute approximate surface area is 329 Å². The number of fused-ring (bicyclic) bond motifs is 2. The standard InChI is InChI=1S/C44H40N3O7PS/c1-52-35-25-23-34(24-26-35)43-42(46-41(49)30-55(51,53-28-31-13-4-2-5-14-31)54-29-32-15-6-3-7-16-32)44(50)47(38-21-10-11-22-39(38)56-43)27-40(48)45-37-20-12-18-33-17-8-9-19-36(33)37/h2-26,42-43H,27-30H2,1H3,(H,45,48)(H,46,49). The summed E-state index contributed by atoms with van der Waals surface area (Å²) in [6.45, 7) is -0.441. The monoisotopic (exact) mass is 785 g/mol. The average Bonchev–Trinajstić information content (AvgIpc) is 3.34. The number of carbonyl (C=O) groups is 3. The molecule has 0 aliphatic carbocycles. The molecule has 0 spiro atoms. The second-order valence-electron chi connectivity index (χ2n) is 13.1. The summed E-state index contributed by atoms with van der Waals surface area (Å²) in [4.78, 5) is 45.0. The highest BCUT2D eigenvalue weighted by Gasteiger charge is 2.41. The third kappa shape index (κ3) is 9.38. The zero-order valence-electron chi connectivity index (χ0n) is 30.6. The topological polar surface area (TPSA) is 123 Å². The Balaban J connectivity index is 1.19. The fraction of sp³-hybridized carbons (Fsp3) is 0.159. The summed E-state index contributed by atoms with van der Waals surface area (Å²) >= 11 is 1.39. The summed E-state index contributed by atoms with van der Waals surface area (Å²) < 4.78 is 31.6. The minimum atomic E-state index is -4.09. The van der Waals surface area contributed by atoms with Crippen molar-refractivity contribution in [2.75, 3.05) is 30.0 Å².